The number of nitrogens with one attached hydrogen (secondary N) is 1. The highest BCUT2D eigenvalue weighted by molar-refractivity contribution is 7.97. The molecule has 3 rings (SSSR count). The molecule has 134 valence electrons. The van der Waals surface area contributed by atoms with Gasteiger partial charge < -0.3 is 4.74 Å². The molecule has 6 nitrogen and oxygen atoms in total. The number of hydrogen-bond acceptors (Lipinski definition) is 4. The summed E-state index contributed by atoms with van der Waals surface area (Å²) < 4.78 is 5.35. The lowest BCUT2D eigenvalue weighted by atomic mass is 9.94. The smallest absolute Gasteiger partial charge is 0.287 e. The Bertz CT molecular complexity index is 865. The molecule has 0 bridgehead atoms. The van der Waals surface area contributed by atoms with Gasteiger partial charge in [0.25, 0.3) is 5.24 Å². The summed E-state index contributed by atoms with van der Waals surface area (Å²) in [4.78, 5) is 25.0. The number of carbonyl (C=O) groups is 2. The molecule has 1 atom stereocenters. The van der Waals surface area contributed by atoms with Gasteiger partial charge in [-0.1, -0.05) is 43.8 Å². The molecule has 0 aliphatic carbocycles. The minimum absolute atomic E-state index is 0.0337. The standard InChI is InChI=1S/C19H19N3O3S/c1-12-11-17(23)20-21-18(12)13-7-9-14(10-8-13)22(19(24)26)15-5-3-4-6-16(15)25-2/h3-10,12H,11H2,1-2H3,(H,20,23)(H,24,26). The first-order valence-corrected chi connectivity index (χ1v) is 8.59. The van der Waals surface area contributed by atoms with E-state index in [1.807, 2.05) is 43.3 Å². The van der Waals surface area contributed by atoms with E-state index in [1.165, 1.54) is 4.90 Å². The third kappa shape index (κ3) is 3.57. The number of benzene rings is 2. The molecule has 2 aromatic carbocycles. The van der Waals surface area contributed by atoms with Gasteiger partial charge in [-0.2, -0.15) is 5.10 Å². The van der Waals surface area contributed by atoms with Crippen molar-refractivity contribution < 1.29 is 14.3 Å². The van der Waals surface area contributed by atoms with Crippen LogP contribution in [-0.4, -0.2) is 24.0 Å². The van der Waals surface area contributed by atoms with Crippen molar-refractivity contribution in [2.45, 2.75) is 13.3 Å². The van der Waals surface area contributed by atoms with E-state index in [2.05, 4.69) is 23.2 Å². The summed E-state index contributed by atoms with van der Waals surface area (Å²) in [5.41, 5.74) is 5.49. The van der Waals surface area contributed by atoms with Crippen LogP contribution in [0.4, 0.5) is 16.2 Å². The molecule has 0 saturated carbocycles. The molecule has 1 N–H and O–H groups in total. The lowest BCUT2D eigenvalue weighted by Gasteiger charge is -2.24. The van der Waals surface area contributed by atoms with Crippen LogP contribution in [0.3, 0.4) is 0 Å². The molecule has 1 aliphatic heterocycles. The van der Waals surface area contributed by atoms with E-state index < -0.39 is 5.24 Å². The second kappa shape index (κ2) is 7.61. The van der Waals surface area contributed by atoms with Crippen molar-refractivity contribution in [2.24, 2.45) is 11.0 Å². The Balaban J connectivity index is 1.95. The number of hydrazone groups is 1. The van der Waals surface area contributed by atoms with Crippen molar-refractivity contribution in [1.29, 1.82) is 0 Å². The zero-order valence-corrected chi connectivity index (χ0v) is 15.4. The molecule has 2 amide bonds. The fourth-order valence-corrected chi connectivity index (χ4v) is 3.17. The van der Waals surface area contributed by atoms with Gasteiger partial charge in [-0.3, -0.25) is 14.5 Å². The van der Waals surface area contributed by atoms with Gasteiger partial charge in [0, 0.05) is 18.0 Å². The van der Waals surface area contributed by atoms with Crippen LogP contribution in [-0.2, 0) is 4.79 Å². The van der Waals surface area contributed by atoms with E-state index >= 15 is 0 Å². The summed E-state index contributed by atoms with van der Waals surface area (Å²) in [6.07, 6.45) is 0.406. The molecular weight excluding hydrogens is 350 g/mol. The van der Waals surface area contributed by atoms with E-state index in [0.29, 0.717) is 23.5 Å². The summed E-state index contributed by atoms with van der Waals surface area (Å²) in [5, 5.41) is 3.74. The summed E-state index contributed by atoms with van der Waals surface area (Å²) in [6.45, 7) is 1.96. The Kier molecular flexibility index (Phi) is 5.27. The second-order valence-electron chi connectivity index (χ2n) is 5.97. The normalized spacial score (nSPS) is 16.5. The number of anilines is 2. The van der Waals surface area contributed by atoms with E-state index in [0.717, 1.165) is 11.3 Å². The van der Waals surface area contributed by atoms with Crippen molar-refractivity contribution in [3.05, 3.63) is 54.1 Å². The largest absolute Gasteiger partial charge is 0.495 e. The van der Waals surface area contributed by atoms with Crippen LogP contribution in [0.15, 0.2) is 53.6 Å². The molecule has 7 heteroatoms. The van der Waals surface area contributed by atoms with Gasteiger partial charge >= 0.3 is 0 Å². The lowest BCUT2D eigenvalue weighted by molar-refractivity contribution is -0.121. The maximum Gasteiger partial charge on any atom is 0.287 e. The Labute approximate surface area is 157 Å². The van der Waals surface area contributed by atoms with Gasteiger partial charge in [-0.05, 0) is 29.8 Å². The van der Waals surface area contributed by atoms with Crippen LogP contribution in [0.5, 0.6) is 5.75 Å². The number of para-hydroxylation sites is 2. The number of nitrogens with zero attached hydrogens (tertiary/aromatic N) is 2. The van der Waals surface area contributed by atoms with Gasteiger partial charge in [0.05, 0.1) is 18.5 Å². The topological polar surface area (TPSA) is 71.0 Å². The lowest BCUT2D eigenvalue weighted by Crippen LogP contribution is -2.32. The number of thiol groups is 1. The molecule has 26 heavy (non-hydrogen) atoms. The van der Waals surface area contributed by atoms with Gasteiger partial charge in [0.15, 0.2) is 0 Å². The fraction of sp³-hybridized carbons (Fsp3) is 0.211. The minimum Gasteiger partial charge on any atom is -0.495 e. The van der Waals surface area contributed by atoms with E-state index in [4.69, 9.17) is 4.74 Å². The first-order chi connectivity index (χ1) is 12.5. The zero-order chi connectivity index (χ0) is 18.7. The van der Waals surface area contributed by atoms with Crippen LogP contribution >= 0.6 is 12.6 Å². The van der Waals surface area contributed by atoms with Gasteiger partial charge in [0.2, 0.25) is 5.91 Å². The van der Waals surface area contributed by atoms with Crippen LogP contribution in [0.2, 0.25) is 0 Å². The van der Waals surface area contributed by atoms with E-state index in [9.17, 15) is 9.59 Å². The van der Waals surface area contributed by atoms with Gasteiger partial charge in [-0.15, -0.1) is 0 Å². The Morgan fingerprint density at radius 2 is 1.92 bits per heavy atom. The number of rotatable bonds is 4. The molecule has 0 aromatic heterocycles. The highest BCUT2D eigenvalue weighted by Crippen LogP contribution is 2.35. The first-order valence-electron chi connectivity index (χ1n) is 8.14. The SMILES string of the molecule is COc1ccccc1N(C(=O)S)c1ccc(C2=NNC(=O)CC2C)cc1. The van der Waals surface area contributed by atoms with E-state index in [1.54, 1.807) is 19.2 Å². The third-order valence-electron chi connectivity index (χ3n) is 4.20. The average molecular weight is 369 g/mol. The molecular formula is C19H19N3O3S. The van der Waals surface area contributed by atoms with Crippen molar-refractivity contribution in [3.8, 4) is 5.75 Å². The summed E-state index contributed by atoms with van der Waals surface area (Å²) in [7, 11) is 1.56. The molecule has 2 aromatic rings. The fourth-order valence-electron chi connectivity index (χ4n) is 2.95. The van der Waals surface area contributed by atoms with Crippen molar-refractivity contribution in [1.82, 2.24) is 5.43 Å². The molecule has 0 spiro atoms. The van der Waals surface area contributed by atoms with Crippen LogP contribution < -0.4 is 15.1 Å². The Hall–Kier alpha value is -2.80. The maximum absolute atomic E-state index is 12.2. The molecule has 1 aliphatic rings. The second-order valence-corrected chi connectivity index (χ2v) is 6.36. The summed E-state index contributed by atoms with van der Waals surface area (Å²) in [6, 6.07) is 14.6. The van der Waals surface area contributed by atoms with Crippen molar-refractivity contribution in [2.75, 3.05) is 12.0 Å². The van der Waals surface area contributed by atoms with Crippen LogP contribution in [0.1, 0.15) is 18.9 Å². The van der Waals surface area contributed by atoms with Crippen LogP contribution in [0, 0.1) is 5.92 Å². The van der Waals surface area contributed by atoms with Crippen molar-refractivity contribution in [3.63, 3.8) is 0 Å². The number of ether oxygens (including phenoxy) is 1. The number of hydrogen-bond donors (Lipinski definition) is 2. The third-order valence-corrected chi connectivity index (χ3v) is 4.40. The molecule has 0 saturated heterocycles. The first kappa shape index (κ1) is 18.0. The minimum atomic E-state index is -0.419. The number of carbonyl (C=O) groups excluding carboxylic acids is 2. The Morgan fingerprint density at radius 3 is 2.54 bits per heavy atom. The number of methoxy groups -OCH3 is 1. The summed E-state index contributed by atoms with van der Waals surface area (Å²) >= 11 is 4.01. The predicted molar refractivity (Wildman–Crippen MR) is 104 cm³/mol. The van der Waals surface area contributed by atoms with Crippen LogP contribution in [0.25, 0.3) is 0 Å². The van der Waals surface area contributed by atoms with Crippen molar-refractivity contribution >= 4 is 40.9 Å². The molecule has 1 heterocycles. The van der Waals surface area contributed by atoms with E-state index in [-0.39, 0.29) is 11.8 Å². The van der Waals surface area contributed by atoms with Gasteiger partial charge in [-0.25, -0.2) is 5.43 Å². The quantitative estimate of drug-likeness (QED) is 0.807. The predicted octanol–water partition coefficient (Wildman–Crippen LogP) is 3.74. The van der Waals surface area contributed by atoms with Gasteiger partial charge in [0.1, 0.15) is 5.75 Å². The summed E-state index contributed by atoms with van der Waals surface area (Å²) in [5.74, 6) is 0.527. The molecule has 0 radical (unpaired) electrons. The molecule has 0 fully saturated rings. The number of amides is 2. The Morgan fingerprint density at radius 1 is 1.23 bits per heavy atom. The highest BCUT2D eigenvalue weighted by Gasteiger charge is 2.23. The zero-order valence-electron chi connectivity index (χ0n) is 14.5. The average Bonchev–Trinajstić information content (AvgIpc) is 2.63. The maximum atomic E-state index is 12.2. The highest BCUT2D eigenvalue weighted by atomic mass is 32.1. The molecule has 1 unspecified atom stereocenters. The monoisotopic (exact) mass is 369 g/mol.